The Morgan fingerprint density at radius 2 is 2.30 bits per heavy atom. The zero-order valence-electron chi connectivity index (χ0n) is 16.1. The number of morpholine rings is 1. The number of aromatic nitrogens is 2. The number of nitrogens with zero attached hydrogens (tertiary/aromatic N) is 4. The fourth-order valence-electron chi connectivity index (χ4n) is 3.74. The number of amides is 1. The van der Waals surface area contributed by atoms with E-state index in [1.54, 1.807) is 12.3 Å². The molecule has 156 valence electrons. The molecule has 2 aliphatic heterocycles. The fourth-order valence-corrected chi connectivity index (χ4v) is 3.74. The van der Waals surface area contributed by atoms with Crippen molar-refractivity contribution in [2.24, 2.45) is 0 Å². The zero-order valence-corrected chi connectivity index (χ0v) is 16.1. The van der Waals surface area contributed by atoms with Gasteiger partial charge in [0.2, 0.25) is 0 Å². The van der Waals surface area contributed by atoms with Crippen molar-refractivity contribution >= 4 is 22.5 Å². The number of rotatable bonds is 3. The number of carbonyl (C=O) groups excluding carboxylic acids is 1. The molecule has 30 heavy (non-hydrogen) atoms. The largest absolute Gasteiger partial charge is 0.482 e. The Kier molecular flexibility index (Phi) is 5.22. The highest BCUT2D eigenvalue weighted by molar-refractivity contribution is 5.94. The van der Waals surface area contributed by atoms with Crippen molar-refractivity contribution in [3.05, 3.63) is 42.6 Å². The summed E-state index contributed by atoms with van der Waals surface area (Å²) < 4.78 is 33.7. The molecule has 8 nitrogen and oxygen atoms in total. The van der Waals surface area contributed by atoms with Crippen LogP contribution in [0.2, 0.25) is 0 Å². The van der Waals surface area contributed by atoms with Gasteiger partial charge in [0.15, 0.2) is 11.8 Å². The van der Waals surface area contributed by atoms with Crippen LogP contribution in [0.4, 0.5) is 14.5 Å². The van der Waals surface area contributed by atoms with E-state index in [0.717, 1.165) is 0 Å². The van der Waals surface area contributed by atoms with Gasteiger partial charge in [-0.15, -0.1) is 0 Å². The molecule has 1 unspecified atom stereocenters. The minimum Gasteiger partial charge on any atom is -0.482 e. The number of fused-ring (bicyclic) bond motifs is 1. The van der Waals surface area contributed by atoms with Crippen molar-refractivity contribution < 1.29 is 18.3 Å². The van der Waals surface area contributed by atoms with Crippen LogP contribution in [0.15, 0.2) is 36.9 Å². The van der Waals surface area contributed by atoms with Gasteiger partial charge in [0.25, 0.3) is 11.8 Å². The van der Waals surface area contributed by atoms with Crippen LogP contribution in [-0.4, -0.2) is 60.1 Å². The molecule has 2 fully saturated rings. The molecule has 0 aliphatic carbocycles. The van der Waals surface area contributed by atoms with Gasteiger partial charge in [0.05, 0.1) is 37.6 Å². The molecule has 0 radical (unpaired) electrons. The molecule has 0 bridgehead atoms. The summed E-state index contributed by atoms with van der Waals surface area (Å²) in [5.74, 6) is -3.31. The molecule has 2 aromatic rings. The van der Waals surface area contributed by atoms with Crippen molar-refractivity contribution in [2.75, 3.05) is 31.1 Å². The van der Waals surface area contributed by atoms with E-state index in [2.05, 4.69) is 27.2 Å². The SMILES string of the molecule is C=C1CN(c2cnc(C#N)c3ncccc23)C[C@H](C(=O)NC2CCNCC2(F)F)O1. The smallest absolute Gasteiger partial charge is 0.280 e. The number of hydrogen-bond acceptors (Lipinski definition) is 7. The maximum absolute atomic E-state index is 14.1. The van der Waals surface area contributed by atoms with Gasteiger partial charge in [0, 0.05) is 11.6 Å². The number of anilines is 1. The van der Waals surface area contributed by atoms with Gasteiger partial charge in [-0.25, -0.2) is 13.8 Å². The van der Waals surface area contributed by atoms with Crippen LogP contribution >= 0.6 is 0 Å². The van der Waals surface area contributed by atoms with Crippen LogP contribution in [-0.2, 0) is 9.53 Å². The number of piperidine rings is 1. The van der Waals surface area contributed by atoms with E-state index in [-0.39, 0.29) is 18.7 Å². The Labute approximate surface area is 171 Å². The van der Waals surface area contributed by atoms with Crippen LogP contribution < -0.4 is 15.5 Å². The second-order valence-electron chi connectivity index (χ2n) is 7.32. The van der Waals surface area contributed by atoms with E-state index < -0.39 is 30.5 Å². The fraction of sp³-hybridized carbons (Fsp3) is 0.400. The standard InChI is InChI=1S/C20H20F2N6O2/c1-12-9-28(15-8-26-14(7-23)18-13(15)3-2-5-25-18)10-16(30-12)19(29)27-17-4-6-24-11-20(17,21)22/h2-3,5,8,16-17,24H,1,4,6,9-11H2,(H,27,29)/t16-,17?/m1/s1. The molecular weight excluding hydrogens is 394 g/mol. The Hall–Kier alpha value is -3.32. The first-order chi connectivity index (χ1) is 14.4. The third-order valence-electron chi connectivity index (χ3n) is 5.22. The Bertz CT molecular complexity index is 1040. The van der Waals surface area contributed by atoms with Gasteiger partial charge < -0.3 is 20.3 Å². The number of alkyl halides is 2. The third kappa shape index (κ3) is 3.76. The quantitative estimate of drug-likeness (QED) is 0.781. The predicted molar refractivity (Wildman–Crippen MR) is 105 cm³/mol. The van der Waals surface area contributed by atoms with Gasteiger partial charge in [-0.2, -0.15) is 5.26 Å². The number of pyridine rings is 2. The monoisotopic (exact) mass is 414 g/mol. The summed E-state index contributed by atoms with van der Waals surface area (Å²) in [6.07, 6.45) is 2.24. The van der Waals surface area contributed by atoms with Crippen LogP contribution in [0, 0.1) is 11.3 Å². The lowest BCUT2D eigenvalue weighted by molar-refractivity contribution is -0.136. The molecule has 10 heteroatoms. The van der Waals surface area contributed by atoms with E-state index in [1.165, 1.54) is 6.20 Å². The second-order valence-corrected chi connectivity index (χ2v) is 7.32. The molecule has 4 rings (SSSR count). The molecular formula is C20H20F2N6O2. The molecule has 2 N–H and O–H groups in total. The maximum Gasteiger partial charge on any atom is 0.280 e. The first kappa shape index (κ1) is 20.0. The second kappa shape index (κ2) is 7.84. The van der Waals surface area contributed by atoms with E-state index >= 15 is 0 Å². The molecule has 0 aromatic carbocycles. The Morgan fingerprint density at radius 3 is 3.07 bits per heavy atom. The molecule has 0 spiro atoms. The minimum atomic E-state index is -3.03. The number of ether oxygens (including phenoxy) is 1. The molecule has 4 heterocycles. The highest BCUT2D eigenvalue weighted by atomic mass is 19.3. The average Bonchev–Trinajstić information content (AvgIpc) is 2.73. The van der Waals surface area contributed by atoms with Crippen molar-refractivity contribution in [3.63, 3.8) is 0 Å². The molecule has 2 aliphatic rings. The lowest BCUT2D eigenvalue weighted by Crippen LogP contribution is -2.60. The van der Waals surface area contributed by atoms with Gasteiger partial charge in [-0.3, -0.25) is 9.78 Å². The van der Waals surface area contributed by atoms with E-state index in [1.807, 2.05) is 17.0 Å². The molecule has 2 atom stereocenters. The number of nitriles is 1. The summed E-state index contributed by atoms with van der Waals surface area (Å²) in [4.78, 5) is 22.9. The molecule has 0 saturated carbocycles. The normalized spacial score (nSPS) is 23.5. The number of carbonyl (C=O) groups is 1. The average molecular weight is 414 g/mol. The predicted octanol–water partition coefficient (Wildman–Crippen LogP) is 1.33. The number of hydrogen-bond donors (Lipinski definition) is 2. The van der Waals surface area contributed by atoms with Gasteiger partial charge in [0.1, 0.15) is 17.3 Å². The van der Waals surface area contributed by atoms with Crippen LogP contribution in [0.25, 0.3) is 10.9 Å². The van der Waals surface area contributed by atoms with Crippen LogP contribution in [0.5, 0.6) is 0 Å². The van der Waals surface area contributed by atoms with Gasteiger partial charge in [-0.1, -0.05) is 6.58 Å². The Morgan fingerprint density at radius 1 is 1.47 bits per heavy atom. The lowest BCUT2D eigenvalue weighted by atomic mass is 10.0. The van der Waals surface area contributed by atoms with Crippen LogP contribution in [0.3, 0.4) is 0 Å². The number of nitrogens with one attached hydrogen (secondary N) is 2. The highest BCUT2D eigenvalue weighted by Gasteiger charge is 2.44. The molecule has 2 saturated heterocycles. The first-order valence-electron chi connectivity index (χ1n) is 9.51. The van der Waals surface area contributed by atoms with E-state index in [9.17, 15) is 18.8 Å². The summed E-state index contributed by atoms with van der Waals surface area (Å²) in [5.41, 5.74) is 1.31. The van der Waals surface area contributed by atoms with Gasteiger partial charge in [-0.05, 0) is 25.1 Å². The topological polar surface area (TPSA) is 103 Å². The lowest BCUT2D eigenvalue weighted by Gasteiger charge is -2.37. The highest BCUT2D eigenvalue weighted by Crippen LogP contribution is 2.30. The third-order valence-corrected chi connectivity index (χ3v) is 5.22. The van der Waals surface area contributed by atoms with Crippen molar-refractivity contribution in [1.82, 2.24) is 20.6 Å². The van der Waals surface area contributed by atoms with Crippen molar-refractivity contribution in [3.8, 4) is 6.07 Å². The van der Waals surface area contributed by atoms with Crippen molar-refractivity contribution in [1.29, 1.82) is 5.26 Å². The Balaban J connectivity index is 1.57. The summed E-state index contributed by atoms with van der Waals surface area (Å²) in [5, 5.41) is 15.0. The number of halogens is 2. The van der Waals surface area contributed by atoms with E-state index in [4.69, 9.17) is 4.74 Å². The summed E-state index contributed by atoms with van der Waals surface area (Å²) in [6.45, 7) is 4.17. The molecule has 2 aromatic heterocycles. The molecule has 1 amide bonds. The van der Waals surface area contributed by atoms with Crippen molar-refractivity contribution in [2.45, 2.75) is 24.5 Å². The zero-order chi connectivity index (χ0) is 21.3. The summed E-state index contributed by atoms with van der Waals surface area (Å²) in [7, 11) is 0. The summed E-state index contributed by atoms with van der Waals surface area (Å²) >= 11 is 0. The van der Waals surface area contributed by atoms with Crippen LogP contribution in [0.1, 0.15) is 12.1 Å². The van der Waals surface area contributed by atoms with Gasteiger partial charge >= 0.3 is 0 Å². The maximum atomic E-state index is 14.1. The van der Waals surface area contributed by atoms with E-state index in [0.29, 0.717) is 35.4 Å². The minimum absolute atomic E-state index is 0.124. The first-order valence-corrected chi connectivity index (χ1v) is 9.51. The summed E-state index contributed by atoms with van der Waals surface area (Å²) in [6, 6.07) is 4.31.